The number of thioether (sulfide) groups is 1. The molecule has 0 spiro atoms. The van der Waals surface area contributed by atoms with Crippen LogP contribution in [-0.2, 0) is 11.4 Å². The Morgan fingerprint density at radius 2 is 1.89 bits per heavy atom. The van der Waals surface area contributed by atoms with Crippen molar-refractivity contribution >= 4 is 30.1 Å². The average Bonchev–Trinajstić information content (AvgIpc) is 2.96. The summed E-state index contributed by atoms with van der Waals surface area (Å²) in [5.74, 6) is 0.467. The summed E-state index contributed by atoms with van der Waals surface area (Å²) < 4.78 is 11.0. The number of carboxylic acids is 1. The van der Waals surface area contributed by atoms with Crippen LogP contribution in [0, 0.1) is 0 Å². The molecule has 2 aromatic carbocycles. The Kier molecular flexibility index (Phi) is 7.03. The van der Waals surface area contributed by atoms with E-state index in [1.54, 1.807) is 18.9 Å². The molecule has 1 saturated heterocycles. The molecule has 1 heterocycles. The van der Waals surface area contributed by atoms with Gasteiger partial charge in [0.25, 0.3) is 0 Å². The third-order valence-electron chi connectivity index (χ3n) is 4.41. The van der Waals surface area contributed by atoms with Crippen LogP contribution in [-0.4, -0.2) is 29.0 Å². The molecule has 7 heteroatoms. The Labute approximate surface area is 169 Å². The zero-order valence-electron chi connectivity index (χ0n) is 15.5. The van der Waals surface area contributed by atoms with Crippen molar-refractivity contribution in [3.63, 3.8) is 0 Å². The average molecular weight is 410 g/mol. The molecule has 0 aliphatic carbocycles. The number of rotatable bonds is 6. The van der Waals surface area contributed by atoms with Gasteiger partial charge >= 0.3 is 5.97 Å². The summed E-state index contributed by atoms with van der Waals surface area (Å²) in [7, 11) is 1.60. The van der Waals surface area contributed by atoms with Crippen LogP contribution < -0.4 is 14.8 Å². The first-order chi connectivity index (χ1) is 12.4. The number of nitrogens with one attached hydrogen (secondary N) is 1. The highest BCUT2D eigenvalue weighted by molar-refractivity contribution is 8.01. The first kappa shape index (κ1) is 21.4. The molecule has 5 nitrogen and oxygen atoms in total. The van der Waals surface area contributed by atoms with E-state index in [2.05, 4.69) is 5.32 Å². The van der Waals surface area contributed by atoms with E-state index in [9.17, 15) is 9.90 Å². The van der Waals surface area contributed by atoms with Crippen molar-refractivity contribution in [3.05, 3.63) is 59.7 Å². The summed E-state index contributed by atoms with van der Waals surface area (Å²) in [6, 6.07) is 15.1. The summed E-state index contributed by atoms with van der Waals surface area (Å²) in [5, 5.41) is 12.5. The fourth-order valence-electron chi connectivity index (χ4n) is 2.99. The highest BCUT2D eigenvalue weighted by atomic mass is 35.5. The summed E-state index contributed by atoms with van der Waals surface area (Å²) in [6.07, 6.45) is 0. The molecule has 1 aliphatic heterocycles. The highest BCUT2D eigenvalue weighted by Crippen LogP contribution is 2.47. The fraction of sp³-hybridized carbons (Fsp3) is 0.350. The molecule has 0 saturated carbocycles. The molecule has 3 rings (SSSR count). The van der Waals surface area contributed by atoms with Gasteiger partial charge in [-0.05, 0) is 37.1 Å². The number of halogens is 1. The van der Waals surface area contributed by atoms with Crippen molar-refractivity contribution in [2.45, 2.75) is 36.6 Å². The molecular formula is C20H24ClNO4S. The summed E-state index contributed by atoms with van der Waals surface area (Å²) in [4.78, 5) is 11.5. The zero-order valence-corrected chi connectivity index (χ0v) is 17.1. The Morgan fingerprint density at radius 1 is 1.19 bits per heavy atom. The van der Waals surface area contributed by atoms with Crippen molar-refractivity contribution in [3.8, 4) is 11.5 Å². The molecule has 0 amide bonds. The van der Waals surface area contributed by atoms with Crippen LogP contribution in [0.2, 0.25) is 0 Å². The van der Waals surface area contributed by atoms with Gasteiger partial charge in [0, 0.05) is 4.75 Å². The van der Waals surface area contributed by atoms with Gasteiger partial charge in [0.1, 0.15) is 12.6 Å². The van der Waals surface area contributed by atoms with Crippen molar-refractivity contribution in [1.29, 1.82) is 0 Å². The Morgan fingerprint density at radius 3 is 2.48 bits per heavy atom. The minimum Gasteiger partial charge on any atom is -0.493 e. The van der Waals surface area contributed by atoms with Gasteiger partial charge in [-0.3, -0.25) is 10.1 Å². The minimum atomic E-state index is -0.834. The number of hydrogen-bond donors (Lipinski definition) is 2. The van der Waals surface area contributed by atoms with Crippen LogP contribution in [0.5, 0.6) is 11.5 Å². The maximum atomic E-state index is 11.5. The predicted octanol–water partition coefficient (Wildman–Crippen LogP) is 4.26. The topological polar surface area (TPSA) is 67.8 Å². The van der Waals surface area contributed by atoms with Crippen LogP contribution in [0.15, 0.2) is 48.5 Å². The summed E-state index contributed by atoms with van der Waals surface area (Å²) in [6.45, 7) is 4.34. The number of methoxy groups -OCH3 is 1. The van der Waals surface area contributed by atoms with Crippen LogP contribution in [0.4, 0.5) is 0 Å². The first-order valence-electron chi connectivity index (χ1n) is 8.42. The smallest absolute Gasteiger partial charge is 0.322 e. The van der Waals surface area contributed by atoms with Crippen LogP contribution in [0.3, 0.4) is 0 Å². The Bertz CT molecular complexity index is 785. The second kappa shape index (κ2) is 8.87. The van der Waals surface area contributed by atoms with E-state index in [4.69, 9.17) is 9.47 Å². The van der Waals surface area contributed by atoms with E-state index < -0.39 is 16.8 Å². The SMILES string of the molecule is COc1cc(C2NC(C(=O)O)C(C)(C)S2)ccc1OCc1ccccc1.Cl. The molecule has 27 heavy (non-hydrogen) atoms. The van der Waals surface area contributed by atoms with Gasteiger partial charge in [0.05, 0.1) is 12.5 Å². The lowest BCUT2D eigenvalue weighted by Crippen LogP contribution is -2.43. The van der Waals surface area contributed by atoms with Gasteiger partial charge in [-0.1, -0.05) is 36.4 Å². The molecule has 0 radical (unpaired) electrons. The van der Waals surface area contributed by atoms with Gasteiger partial charge < -0.3 is 14.6 Å². The molecule has 0 bridgehead atoms. The molecule has 2 N–H and O–H groups in total. The molecule has 0 aromatic heterocycles. The number of carbonyl (C=O) groups is 1. The molecule has 1 fully saturated rings. The molecule has 2 aromatic rings. The molecule has 1 aliphatic rings. The van der Waals surface area contributed by atoms with Crippen molar-refractivity contribution in [2.75, 3.05) is 7.11 Å². The Balaban J connectivity index is 0.00000261. The number of ether oxygens (including phenoxy) is 2. The van der Waals surface area contributed by atoms with E-state index in [0.717, 1.165) is 11.1 Å². The van der Waals surface area contributed by atoms with E-state index in [1.807, 2.05) is 62.4 Å². The van der Waals surface area contributed by atoms with Crippen LogP contribution in [0.25, 0.3) is 0 Å². The monoisotopic (exact) mass is 409 g/mol. The number of carboxylic acid groups (broad SMARTS) is 1. The summed E-state index contributed by atoms with van der Waals surface area (Å²) in [5.41, 5.74) is 2.05. The quantitative estimate of drug-likeness (QED) is 0.742. The van der Waals surface area contributed by atoms with Gasteiger partial charge in [-0.2, -0.15) is 0 Å². The molecule has 2 unspecified atom stereocenters. The lowest BCUT2D eigenvalue weighted by molar-refractivity contribution is -0.139. The molecular weight excluding hydrogens is 386 g/mol. The second-order valence-electron chi connectivity index (χ2n) is 6.72. The van der Waals surface area contributed by atoms with Crippen molar-refractivity contribution < 1.29 is 19.4 Å². The summed E-state index contributed by atoms with van der Waals surface area (Å²) >= 11 is 1.60. The maximum Gasteiger partial charge on any atom is 0.322 e. The number of benzene rings is 2. The fourth-order valence-corrected chi connectivity index (χ4v) is 4.39. The van der Waals surface area contributed by atoms with Gasteiger partial charge in [0.15, 0.2) is 11.5 Å². The predicted molar refractivity (Wildman–Crippen MR) is 110 cm³/mol. The van der Waals surface area contributed by atoms with E-state index in [1.165, 1.54) is 0 Å². The van der Waals surface area contributed by atoms with Gasteiger partial charge in [-0.15, -0.1) is 24.2 Å². The maximum absolute atomic E-state index is 11.5. The van der Waals surface area contributed by atoms with Crippen molar-refractivity contribution in [1.82, 2.24) is 5.32 Å². The van der Waals surface area contributed by atoms with Crippen molar-refractivity contribution in [2.24, 2.45) is 0 Å². The number of hydrogen-bond acceptors (Lipinski definition) is 5. The lowest BCUT2D eigenvalue weighted by Gasteiger charge is -2.20. The van der Waals surface area contributed by atoms with Gasteiger partial charge in [-0.25, -0.2) is 0 Å². The highest BCUT2D eigenvalue weighted by Gasteiger charge is 2.45. The molecule has 2 atom stereocenters. The molecule has 146 valence electrons. The minimum absolute atomic E-state index is 0. The third kappa shape index (κ3) is 4.89. The number of aliphatic carboxylic acids is 1. The largest absolute Gasteiger partial charge is 0.493 e. The van der Waals surface area contributed by atoms with E-state index in [-0.39, 0.29) is 17.8 Å². The Hall–Kier alpha value is -1.89. The van der Waals surface area contributed by atoms with Crippen LogP contribution in [0.1, 0.15) is 30.3 Å². The third-order valence-corrected chi connectivity index (χ3v) is 5.90. The van der Waals surface area contributed by atoms with Crippen LogP contribution >= 0.6 is 24.2 Å². The normalized spacial score (nSPS) is 20.6. The standard InChI is InChI=1S/C20H23NO4S.ClH/c1-20(2)17(19(22)23)21-18(26-20)14-9-10-15(16(11-14)24-3)25-12-13-7-5-4-6-8-13;/h4-11,17-18,21H,12H2,1-3H3,(H,22,23);1H. The van der Waals surface area contributed by atoms with E-state index >= 15 is 0 Å². The first-order valence-corrected chi connectivity index (χ1v) is 9.30. The zero-order chi connectivity index (χ0) is 18.7. The second-order valence-corrected chi connectivity index (χ2v) is 8.48. The van der Waals surface area contributed by atoms with Gasteiger partial charge in [0.2, 0.25) is 0 Å². The lowest BCUT2D eigenvalue weighted by atomic mass is 10.0. The van der Waals surface area contributed by atoms with E-state index in [0.29, 0.717) is 18.1 Å².